The predicted octanol–water partition coefficient (Wildman–Crippen LogP) is 3.93. The standard InChI is InChI=1S/C25H33N5O/c1-18-16-24-26-19(2)22(20(3)30(24)28-18)12-13-25(31)27-23(21-10-6-4-7-11-21)17-29-14-8-5-9-15-29/h4,6-7,10-11,16,23H,5,8-9,12-15,17H2,1-3H3,(H,27,31)/t23-/m0/s1. The maximum Gasteiger partial charge on any atom is 0.220 e. The molecule has 1 aliphatic heterocycles. The third-order valence-electron chi connectivity index (χ3n) is 6.31. The SMILES string of the molecule is Cc1cc2nc(C)c(CCC(=O)N[C@@H](CN3CCCCC3)c3ccccc3)c(C)n2n1. The zero-order valence-electron chi connectivity index (χ0n) is 18.9. The molecule has 1 aromatic carbocycles. The molecule has 1 N–H and O–H groups in total. The highest BCUT2D eigenvalue weighted by Gasteiger charge is 2.20. The summed E-state index contributed by atoms with van der Waals surface area (Å²) in [5.74, 6) is 0.0846. The third kappa shape index (κ3) is 5.13. The number of benzene rings is 1. The highest BCUT2D eigenvalue weighted by molar-refractivity contribution is 5.76. The van der Waals surface area contributed by atoms with Crippen molar-refractivity contribution < 1.29 is 4.79 Å². The van der Waals surface area contributed by atoms with Gasteiger partial charge in [0.05, 0.1) is 11.7 Å². The number of hydrogen-bond acceptors (Lipinski definition) is 4. The van der Waals surface area contributed by atoms with E-state index in [9.17, 15) is 4.79 Å². The Kier molecular flexibility index (Phi) is 6.66. The summed E-state index contributed by atoms with van der Waals surface area (Å²) in [5, 5.41) is 7.85. The summed E-state index contributed by atoms with van der Waals surface area (Å²) in [6.45, 7) is 9.16. The Morgan fingerprint density at radius 2 is 1.84 bits per heavy atom. The molecule has 3 aromatic rings. The summed E-state index contributed by atoms with van der Waals surface area (Å²) in [4.78, 5) is 20.1. The average molecular weight is 420 g/mol. The Hall–Kier alpha value is -2.73. The van der Waals surface area contributed by atoms with E-state index in [1.165, 1.54) is 24.8 Å². The van der Waals surface area contributed by atoms with Gasteiger partial charge in [-0.25, -0.2) is 9.50 Å². The van der Waals surface area contributed by atoms with Crippen LogP contribution in [0.25, 0.3) is 5.65 Å². The van der Waals surface area contributed by atoms with E-state index in [0.29, 0.717) is 12.8 Å². The summed E-state index contributed by atoms with van der Waals surface area (Å²) in [7, 11) is 0. The lowest BCUT2D eigenvalue weighted by molar-refractivity contribution is -0.122. The van der Waals surface area contributed by atoms with E-state index >= 15 is 0 Å². The number of rotatable bonds is 7. The maximum absolute atomic E-state index is 13.0. The van der Waals surface area contributed by atoms with Gasteiger partial charge in [0.25, 0.3) is 0 Å². The van der Waals surface area contributed by atoms with Gasteiger partial charge in [-0.3, -0.25) is 4.79 Å². The van der Waals surface area contributed by atoms with Crippen molar-refractivity contribution in [1.82, 2.24) is 24.8 Å². The number of aryl methyl sites for hydroxylation is 3. The minimum Gasteiger partial charge on any atom is -0.348 e. The molecule has 0 aliphatic carbocycles. The van der Waals surface area contributed by atoms with Gasteiger partial charge in [0.1, 0.15) is 0 Å². The van der Waals surface area contributed by atoms with E-state index in [1.807, 2.05) is 42.6 Å². The molecule has 0 spiro atoms. The van der Waals surface area contributed by atoms with Gasteiger partial charge in [-0.05, 0) is 64.3 Å². The molecule has 6 heteroatoms. The molecule has 1 atom stereocenters. The first-order chi connectivity index (χ1) is 15.0. The van der Waals surface area contributed by atoms with Crippen molar-refractivity contribution in [2.75, 3.05) is 19.6 Å². The Morgan fingerprint density at radius 3 is 2.58 bits per heavy atom. The van der Waals surface area contributed by atoms with Crippen LogP contribution in [-0.4, -0.2) is 45.0 Å². The fourth-order valence-electron chi connectivity index (χ4n) is 4.63. The van der Waals surface area contributed by atoms with Crippen molar-refractivity contribution in [2.24, 2.45) is 0 Å². The highest BCUT2D eigenvalue weighted by Crippen LogP contribution is 2.20. The van der Waals surface area contributed by atoms with Crippen LogP contribution in [-0.2, 0) is 11.2 Å². The van der Waals surface area contributed by atoms with E-state index in [4.69, 9.17) is 0 Å². The van der Waals surface area contributed by atoms with E-state index in [2.05, 4.69) is 39.4 Å². The van der Waals surface area contributed by atoms with Gasteiger partial charge in [-0.1, -0.05) is 36.8 Å². The smallest absolute Gasteiger partial charge is 0.220 e. The van der Waals surface area contributed by atoms with E-state index in [0.717, 1.165) is 47.9 Å². The van der Waals surface area contributed by atoms with Crippen molar-refractivity contribution >= 4 is 11.6 Å². The molecule has 1 aliphatic rings. The zero-order chi connectivity index (χ0) is 21.8. The average Bonchev–Trinajstić information content (AvgIpc) is 3.15. The second-order valence-corrected chi connectivity index (χ2v) is 8.71. The van der Waals surface area contributed by atoms with Gasteiger partial charge >= 0.3 is 0 Å². The van der Waals surface area contributed by atoms with E-state index in [-0.39, 0.29) is 11.9 Å². The van der Waals surface area contributed by atoms with E-state index in [1.54, 1.807) is 0 Å². The molecule has 164 valence electrons. The Bertz CT molecular complexity index is 1040. The summed E-state index contributed by atoms with van der Waals surface area (Å²) in [6, 6.07) is 12.3. The molecule has 1 fully saturated rings. The molecule has 1 saturated heterocycles. The van der Waals surface area contributed by atoms with Crippen LogP contribution in [0.2, 0.25) is 0 Å². The molecule has 0 radical (unpaired) electrons. The number of amides is 1. The largest absolute Gasteiger partial charge is 0.348 e. The van der Waals surface area contributed by atoms with Gasteiger partial charge < -0.3 is 10.2 Å². The van der Waals surface area contributed by atoms with Crippen LogP contribution < -0.4 is 5.32 Å². The van der Waals surface area contributed by atoms with Gasteiger partial charge in [0.15, 0.2) is 5.65 Å². The number of carbonyl (C=O) groups excluding carboxylic acids is 1. The van der Waals surface area contributed by atoms with E-state index < -0.39 is 0 Å². The highest BCUT2D eigenvalue weighted by atomic mass is 16.1. The summed E-state index contributed by atoms with van der Waals surface area (Å²) < 4.78 is 1.89. The number of piperidine rings is 1. The fraction of sp³-hybridized carbons (Fsp3) is 0.480. The number of aromatic nitrogens is 3. The van der Waals surface area contributed by atoms with Crippen LogP contribution in [0.3, 0.4) is 0 Å². The molecular weight excluding hydrogens is 386 g/mol. The predicted molar refractivity (Wildman–Crippen MR) is 123 cm³/mol. The molecule has 6 nitrogen and oxygen atoms in total. The Morgan fingerprint density at radius 1 is 1.10 bits per heavy atom. The van der Waals surface area contributed by atoms with Gasteiger partial charge in [-0.2, -0.15) is 5.10 Å². The molecular formula is C25H33N5O. The fourth-order valence-corrected chi connectivity index (χ4v) is 4.63. The second kappa shape index (κ2) is 9.60. The first kappa shape index (κ1) is 21.5. The lowest BCUT2D eigenvalue weighted by Gasteiger charge is -2.31. The minimum absolute atomic E-state index is 0.0170. The zero-order valence-corrected chi connectivity index (χ0v) is 18.9. The van der Waals surface area contributed by atoms with Crippen molar-refractivity contribution in [1.29, 1.82) is 0 Å². The van der Waals surface area contributed by atoms with Crippen molar-refractivity contribution in [3.8, 4) is 0 Å². The molecule has 2 aromatic heterocycles. The Labute approximate surface area is 184 Å². The molecule has 4 rings (SSSR count). The number of hydrogen-bond donors (Lipinski definition) is 1. The minimum atomic E-state index is 0.0170. The molecule has 0 unspecified atom stereocenters. The van der Waals surface area contributed by atoms with Crippen LogP contribution in [0.15, 0.2) is 36.4 Å². The Balaban J connectivity index is 1.45. The van der Waals surface area contributed by atoms with Crippen LogP contribution in [0.4, 0.5) is 0 Å². The van der Waals surface area contributed by atoms with Crippen molar-refractivity contribution in [3.05, 3.63) is 64.6 Å². The molecule has 3 heterocycles. The van der Waals surface area contributed by atoms with Gasteiger partial charge in [0, 0.05) is 30.4 Å². The topological polar surface area (TPSA) is 62.5 Å². The molecule has 31 heavy (non-hydrogen) atoms. The monoisotopic (exact) mass is 419 g/mol. The number of carbonyl (C=O) groups is 1. The van der Waals surface area contributed by atoms with Crippen LogP contribution in [0, 0.1) is 20.8 Å². The summed E-state index contributed by atoms with van der Waals surface area (Å²) >= 11 is 0. The second-order valence-electron chi connectivity index (χ2n) is 8.71. The summed E-state index contributed by atoms with van der Waals surface area (Å²) in [5.41, 5.74) is 6.14. The first-order valence-corrected chi connectivity index (χ1v) is 11.4. The van der Waals surface area contributed by atoms with Crippen LogP contribution in [0.5, 0.6) is 0 Å². The quantitative estimate of drug-likeness (QED) is 0.630. The van der Waals surface area contributed by atoms with Crippen molar-refractivity contribution in [2.45, 2.75) is 58.9 Å². The molecule has 0 bridgehead atoms. The molecule has 0 saturated carbocycles. The number of likely N-dealkylation sites (tertiary alicyclic amines) is 1. The number of nitrogens with one attached hydrogen (secondary N) is 1. The van der Waals surface area contributed by atoms with Gasteiger partial charge in [0.2, 0.25) is 5.91 Å². The normalized spacial score (nSPS) is 15.8. The lowest BCUT2D eigenvalue weighted by atomic mass is 10.0. The molecule has 1 amide bonds. The first-order valence-electron chi connectivity index (χ1n) is 11.4. The van der Waals surface area contributed by atoms with Crippen molar-refractivity contribution in [3.63, 3.8) is 0 Å². The number of nitrogens with zero attached hydrogens (tertiary/aromatic N) is 4. The third-order valence-corrected chi connectivity index (χ3v) is 6.31. The van der Waals surface area contributed by atoms with Crippen LogP contribution >= 0.6 is 0 Å². The maximum atomic E-state index is 13.0. The number of fused-ring (bicyclic) bond motifs is 1. The summed E-state index contributed by atoms with van der Waals surface area (Å²) in [6.07, 6.45) is 4.91. The van der Waals surface area contributed by atoms with Gasteiger partial charge in [-0.15, -0.1) is 0 Å². The lowest BCUT2D eigenvalue weighted by Crippen LogP contribution is -2.40. The van der Waals surface area contributed by atoms with Crippen LogP contribution in [0.1, 0.15) is 59.9 Å².